The third-order valence-electron chi connectivity index (χ3n) is 4.96. The number of morpholine rings is 1. The second kappa shape index (κ2) is 9.92. The second-order valence-corrected chi connectivity index (χ2v) is 7.25. The lowest BCUT2D eigenvalue weighted by Gasteiger charge is -2.23. The van der Waals surface area contributed by atoms with Gasteiger partial charge in [-0.2, -0.15) is 0 Å². The van der Waals surface area contributed by atoms with Crippen LogP contribution in [0, 0.1) is 4.77 Å². The zero-order valence-electron chi connectivity index (χ0n) is 16.1. The lowest BCUT2D eigenvalue weighted by molar-refractivity contribution is -0.908. The van der Waals surface area contributed by atoms with Crippen LogP contribution >= 0.6 is 12.2 Å². The molecule has 0 bridgehead atoms. The number of hydrogen-bond donors (Lipinski definition) is 3. The number of quaternary nitrogens is 1. The van der Waals surface area contributed by atoms with Crippen molar-refractivity contribution in [3.63, 3.8) is 0 Å². The van der Waals surface area contributed by atoms with Gasteiger partial charge < -0.3 is 24.7 Å². The van der Waals surface area contributed by atoms with E-state index in [1.807, 2.05) is 0 Å². The Morgan fingerprint density at radius 1 is 1.39 bits per heavy atom. The molecule has 0 spiro atoms. The molecule has 2 aromatic rings. The van der Waals surface area contributed by atoms with Gasteiger partial charge >= 0.3 is 0 Å². The number of hydrogen-bond acceptors (Lipinski definition) is 5. The van der Waals surface area contributed by atoms with Gasteiger partial charge in [0.05, 0.1) is 43.8 Å². The molecule has 1 aliphatic heterocycles. The first-order chi connectivity index (χ1) is 13.6. The van der Waals surface area contributed by atoms with Gasteiger partial charge in [0.15, 0.2) is 4.77 Å². The lowest BCUT2D eigenvalue weighted by atomic mass is 10.1. The number of carbonyl (C=O) groups is 1. The number of carbonyl (C=O) groups excluding carboxylic acids is 1. The number of amides is 1. The van der Waals surface area contributed by atoms with Crippen LogP contribution in [-0.2, 0) is 16.0 Å². The maximum atomic E-state index is 12.6. The number of nitrogens with one attached hydrogen (secondary N) is 3. The van der Waals surface area contributed by atoms with E-state index < -0.39 is 0 Å². The van der Waals surface area contributed by atoms with Gasteiger partial charge in [0, 0.05) is 25.6 Å². The zero-order valence-corrected chi connectivity index (χ0v) is 16.9. The zero-order chi connectivity index (χ0) is 19.9. The molecule has 0 atom stereocenters. The summed E-state index contributed by atoms with van der Waals surface area (Å²) >= 11 is 5.28. The molecule has 1 aliphatic rings. The van der Waals surface area contributed by atoms with Crippen LogP contribution in [0.15, 0.2) is 23.0 Å². The molecule has 152 valence electrons. The Morgan fingerprint density at radius 2 is 2.18 bits per heavy atom. The van der Waals surface area contributed by atoms with Crippen molar-refractivity contribution in [2.75, 3.05) is 53.1 Å². The Kier molecular flexibility index (Phi) is 7.32. The van der Waals surface area contributed by atoms with Crippen molar-refractivity contribution >= 4 is 29.0 Å². The van der Waals surface area contributed by atoms with Gasteiger partial charge in [-0.05, 0) is 30.4 Å². The summed E-state index contributed by atoms with van der Waals surface area (Å²) in [6.07, 6.45) is 0.918. The summed E-state index contributed by atoms with van der Waals surface area (Å²) < 4.78 is 12.2. The van der Waals surface area contributed by atoms with Gasteiger partial charge in [0.2, 0.25) is 0 Å². The van der Waals surface area contributed by atoms with E-state index in [0.29, 0.717) is 40.9 Å². The first-order valence-corrected chi connectivity index (χ1v) is 9.96. The van der Waals surface area contributed by atoms with Crippen molar-refractivity contribution in [2.24, 2.45) is 0 Å². The van der Waals surface area contributed by atoms with Crippen LogP contribution in [0.5, 0.6) is 0 Å². The van der Waals surface area contributed by atoms with Crippen LogP contribution < -0.4 is 15.8 Å². The van der Waals surface area contributed by atoms with E-state index in [-0.39, 0.29) is 11.5 Å². The van der Waals surface area contributed by atoms with E-state index in [9.17, 15) is 9.59 Å². The summed E-state index contributed by atoms with van der Waals surface area (Å²) in [6.45, 7) is 6.11. The molecule has 1 saturated heterocycles. The van der Waals surface area contributed by atoms with Crippen LogP contribution in [-0.4, -0.2) is 68.6 Å². The molecule has 28 heavy (non-hydrogen) atoms. The molecule has 3 N–H and O–H groups in total. The fourth-order valence-electron chi connectivity index (χ4n) is 3.33. The van der Waals surface area contributed by atoms with Crippen molar-refractivity contribution < 1.29 is 19.2 Å². The van der Waals surface area contributed by atoms with Gasteiger partial charge in [-0.25, -0.2) is 0 Å². The highest BCUT2D eigenvalue weighted by molar-refractivity contribution is 7.71. The van der Waals surface area contributed by atoms with E-state index >= 15 is 0 Å². The topological polar surface area (TPSA) is 89.8 Å². The molecule has 0 unspecified atom stereocenters. The first-order valence-electron chi connectivity index (χ1n) is 9.55. The van der Waals surface area contributed by atoms with Crippen LogP contribution in [0.25, 0.3) is 10.9 Å². The monoisotopic (exact) mass is 407 g/mol. The van der Waals surface area contributed by atoms with E-state index in [1.165, 1.54) is 9.47 Å². The molecule has 1 aromatic carbocycles. The molecule has 1 fully saturated rings. The summed E-state index contributed by atoms with van der Waals surface area (Å²) in [6, 6.07) is 5.01. The number of benzene rings is 1. The van der Waals surface area contributed by atoms with Crippen molar-refractivity contribution in [1.82, 2.24) is 14.9 Å². The minimum absolute atomic E-state index is 0.151. The van der Waals surface area contributed by atoms with Crippen LogP contribution in [0.3, 0.4) is 0 Å². The quantitative estimate of drug-likeness (QED) is 0.415. The predicted octanol–water partition coefficient (Wildman–Crippen LogP) is -0.260. The molecule has 0 aliphatic carbocycles. The highest BCUT2D eigenvalue weighted by atomic mass is 32.1. The molecule has 0 radical (unpaired) electrons. The molecule has 1 aromatic heterocycles. The Bertz CT molecular complexity index is 934. The summed E-state index contributed by atoms with van der Waals surface area (Å²) in [7, 11) is 1.58. The number of ether oxygens (including phenoxy) is 2. The Labute approximate surface area is 168 Å². The molecule has 9 heteroatoms. The van der Waals surface area contributed by atoms with E-state index in [4.69, 9.17) is 21.7 Å². The van der Waals surface area contributed by atoms with E-state index in [2.05, 4.69) is 10.3 Å². The van der Waals surface area contributed by atoms with Crippen LogP contribution in [0.1, 0.15) is 16.8 Å². The first kappa shape index (κ1) is 20.7. The largest absolute Gasteiger partial charge is 0.383 e. The van der Waals surface area contributed by atoms with Gasteiger partial charge in [0.1, 0.15) is 13.1 Å². The van der Waals surface area contributed by atoms with Crippen molar-refractivity contribution in [1.29, 1.82) is 0 Å². The van der Waals surface area contributed by atoms with Crippen molar-refractivity contribution in [2.45, 2.75) is 13.0 Å². The van der Waals surface area contributed by atoms with E-state index in [0.717, 1.165) is 39.3 Å². The Hall–Kier alpha value is -2.07. The van der Waals surface area contributed by atoms with Gasteiger partial charge in [-0.1, -0.05) is 0 Å². The van der Waals surface area contributed by atoms with Gasteiger partial charge in [0.25, 0.3) is 11.5 Å². The maximum Gasteiger partial charge on any atom is 0.262 e. The van der Waals surface area contributed by atoms with Crippen molar-refractivity contribution in [3.8, 4) is 0 Å². The SMILES string of the molecule is COCCn1c(=S)[nH]c2cc(C(=O)NCCC[NH+]3CCOCC3)ccc2c1=O. The number of methoxy groups -OCH3 is 1. The highest BCUT2D eigenvalue weighted by Crippen LogP contribution is 2.11. The highest BCUT2D eigenvalue weighted by Gasteiger charge is 2.14. The lowest BCUT2D eigenvalue weighted by Crippen LogP contribution is -3.14. The van der Waals surface area contributed by atoms with Gasteiger partial charge in [-0.3, -0.25) is 14.2 Å². The Morgan fingerprint density at radius 3 is 2.93 bits per heavy atom. The second-order valence-electron chi connectivity index (χ2n) is 6.86. The number of aromatic nitrogens is 2. The molecular weight excluding hydrogens is 380 g/mol. The molecule has 0 saturated carbocycles. The number of nitrogens with zero attached hydrogens (tertiary/aromatic N) is 1. The molecule has 3 rings (SSSR count). The molecule has 1 amide bonds. The number of H-pyrrole nitrogens is 1. The minimum Gasteiger partial charge on any atom is -0.383 e. The average molecular weight is 408 g/mol. The fourth-order valence-corrected chi connectivity index (χ4v) is 3.62. The summed E-state index contributed by atoms with van der Waals surface area (Å²) in [5, 5.41) is 3.45. The normalized spacial score (nSPS) is 15.0. The average Bonchev–Trinajstić information content (AvgIpc) is 2.71. The minimum atomic E-state index is -0.184. The molecule has 8 nitrogen and oxygen atoms in total. The standard InChI is InChI=1S/C19H26N4O4S/c1-26-10-9-23-18(25)15-4-3-14(13-16(15)21-19(23)28)17(24)20-5-2-6-22-7-11-27-12-8-22/h3-4,13H,2,5-12H2,1H3,(H,20,24)(H,21,28)/p+1. The van der Waals surface area contributed by atoms with E-state index in [1.54, 1.807) is 25.3 Å². The third-order valence-corrected chi connectivity index (χ3v) is 5.28. The maximum absolute atomic E-state index is 12.6. The Balaban J connectivity index is 1.63. The van der Waals surface area contributed by atoms with Crippen LogP contribution in [0.4, 0.5) is 0 Å². The van der Waals surface area contributed by atoms with Gasteiger partial charge in [-0.15, -0.1) is 0 Å². The van der Waals surface area contributed by atoms with Crippen molar-refractivity contribution in [3.05, 3.63) is 38.9 Å². The number of fused-ring (bicyclic) bond motifs is 1. The van der Waals surface area contributed by atoms with Crippen LogP contribution in [0.2, 0.25) is 0 Å². The number of rotatable bonds is 8. The summed E-state index contributed by atoms with van der Waals surface area (Å²) in [4.78, 5) is 29.6. The predicted molar refractivity (Wildman–Crippen MR) is 109 cm³/mol. The summed E-state index contributed by atoms with van der Waals surface area (Å²) in [5.74, 6) is -0.151. The fraction of sp³-hybridized carbons (Fsp3) is 0.526. The smallest absolute Gasteiger partial charge is 0.262 e. The summed E-state index contributed by atoms with van der Waals surface area (Å²) in [5.41, 5.74) is 0.885. The number of aromatic amines is 1. The molecule has 2 heterocycles. The third kappa shape index (κ3) is 5.05. The molecular formula is C19H27N4O4S+.